The SMILES string of the molecule is F[CH]C(F)(F)C(F)C(F)C(F)(F)F. The van der Waals surface area contributed by atoms with Gasteiger partial charge in [-0.2, -0.15) is 22.0 Å². The summed E-state index contributed by atoms with van der Waals surface area (Å²) in [5, 5.41) is 0. The van der Waals surface area contributed by atoms with E-state index in [-0.39, 0.29) is 0 Å². The molecule has 2 unspecified atom stereocenters. The predicted molar refractivity (Wildman–Crippen MR) is 26.2 cm³/mol. The van der Waals surface area contributed by atoms with E-state index in [9.17, 15) is 35.1 Å². The monoisotopic (exact) mass is 215 g/mol. The highest BCUT2D eigenvalue weighted by Crippen LogP contribution is 2.36. The maximum absolute atomic E-state index is 12.0. The van der Waals surface area contributed by atoms with Crippen molar-refractivity contribution in [2.45, 2.75) is 24.4 Å². The van der Waals surface area contributed by atoms with E-state index < -0.39 is 31.1 Å². The Morgan fingerprint density at radius 3 is 1.46 bits per heavy atom. The van der Waals surface area contributed by atoms with Crippen LogP contribution in [0, 0.1) is 6.67 Å². The first kappa shape index (κ1) is 12.4. The van der Waals surface area contributed by atoms with E-state index >= 15 is 0 Å². The van der Waals surface area contributed by atoms with Crippen molar-refractivity contribution in [1.82, 2.24) is 0 Å². The van der Waals surface area contributed by atoms with Crippen molar-refractivity contribution in [2.75, 3.05) is 0 Å². The zero-order chi connectivity index (χ0) is 10.9. The standard InChI is InChI=1S/C5H3F8/c6-1-4(9,10)2(7)3(8)5(11,12)13/h1-3H. The fourth-order valence-corrected chi connectivity index (χ4v) is 0.421. The molecule has 0 spiro atoms. The van der Waals surface area contributed by atoms with Crippen molar-refractivity contribution in [1.29, 1.82) is 0 Å². The summed E-state index contributed by atoms with van der Waals surface area (Å²) in [4.78, 5) is 0. The van der Waals surface area contributed by atoms with Crippen LogP contribution in [-0.2, 0) is 0 Å². The molecule has 0 saturated carbocycles. The molecule has 0 fully saturated rings. The Hall–Kier alpha value is -0.560. The maximum Gasteiger partial charge on any atom is 0.422 e. The highest BCUT2D eigenvalue weighted by molar-refractivity contribution is 4.91. The van der Waals surface area contributed by atoms with Gasteiger partial charge >= 0.3 is 12.1 Å². The third-order valence-electron chi connectivity index (χ3n) is 1.08. The highest BCUT2D eigenvalue weighted by atomic mass is 19.4. The minimum atomic E-state index is -5.77. The third-order valence-corrected chi connectivity index (χ3v) is 1.08. The summed E-state index contributed by atoms with van der Waals surface area (Å²) in [6.07, 6.45) is -14.4. The number of halogens is 8. The van der Waals surface area contributed by atoms with Crippen molar-refractivity contribution >= 4 is 0 Å². The molecule has 0 N–H and O–H groups in total. The molecule has 0 heterocycles. The van der Waals surface area contributed by atoms with Crippen molar-refractivity contribution in [3.63, 3.8) is 0 Å². The second-order valence-corrected chi connectivity index (χ2v) is 2.13. The molecule has 0 rings (SSSR count). The lowest BCUT2D eigenvalue weighted by Gasteiger charge is -2.21. The van der Waals surface area contributed by atoms with Gasteiger partial charge in [0, 0.05) is 0 Å². The summed E-state index contributed by atoms with van der Waals surface area (Å²) in [5.41, 5.74) is 0. The highest BCUT2D eigenvalue weighted by Gasteiger charge is 2.56. The van der Waals surface area contributed by atoms with E-state index in [1.807, 2.05) is 0 Å². The quantitative estimate of drug-likeness (QED) is 0.635. The lowest BCUT2D eigenvalue weighted by Crippen LogP contribution is -2.44. The Kier molecular flexibility index (Phi) is 3.51. The fraction of sp³-hybridized carbons (Fsp3) is 0.800. The van der Waals surface area contributed by atoms with Gasteiger partial charge in [0.1, 0.15) is 0 Å². The minimum Gasteiger partial charge on any atom is -0.237 e. The molecule has 0 saturated heterocycles. The molecule has 79 valence electrons. The molecule has 0 amide bonds. The maximum atomic E-state index is 12.0. The topological polar surface area (TPSA) is 0 Å². The van der Waals surface area contributed by atoms with Gasteiger partial charge in [0.15, 0.2) is 0 Å². The van der Waals surface area contributed by atoms with Crippen LogP contribution in [0.4, 0.5) is 35.1 Å². The first-order valence-electron chi connectivity index (χ1n) is 2.80. The second-order valence-electron chi connectivity index (χ2n) is 2.13. The molecule has 8 heteroatoms. The van der Waals surface area contributed by atoms with Crippen molar-refractivity contribution in [3.8, 4) is 0 Å². The van der Waals surface area contributed by atoms with Gasteiger partial charge < -0.3 is 0 Å². The Labute approximate surface area is 67.5 Å². The molecule has 0 bridgehead atoms. The molecular weight excluding hydrogens is 212 g/mol. The molecule has 0 nitrogen and oxygen atoms in total. The van der Waals surface area contributed by atoms with Gasteiger partial charge in [0.2, 0.25) is 19.0 Å². The van der Waals surface area contributed by atoms with Crippen LogP contribution in [0.5, 0.6) is 0 Å². The van der Waals surface area contributed by atoms with Crippen LogP contribution in [0.2, 0.25) is 0 Å². The van der Waals surface area contributed by atoms with Crippen molar-refractivity contribution in [2.24, 2.45) is 0 Å². The second kappa shape index (κ2) is 3.67. The average Bonchev–Trinajstić information content (AvgIpc) is 2.00. The average molecular weight is 215 g/mol. The molecule has 2 atom stereocenters. The molecule has 1 radical (unpaired) electrons. The van der Waals surface area contributed by atoms with Crippen LogP contribution >= 0.6 is 0 Å². The minimum absolute atomic E-state index is 1.62. The predicted octanol–water partition coefficient (Wildman–Crippen LogP) is 2.99. The third kappa shape index (κ3) is 3.00. The number of hydrogen-bond donors (Lipinski definition) is 0. The summed E-state index contributed by atoms with van der Waals surface area (Å²) in [7, 11) is 0. The zero-order valence-corrected chi connectivity index (χ0v) is 5.76. The number of hydrogen-bond acceptors (Lipinski definition) is 0. The number of rotatable bonds is 3. The Morgan fingerprint density at radius 1 is 0.846 bits per heavy atom. The summed E-state index contributed by atoms with van der Waals surface area (Å²) in [6.45, 7) is -1.62. The zero-order valence-electron chi connectivity index (χ0n) is 5.76. The largest absolute Gasteiger partial charge is 0.422 e. The molecule has 0 aliphatic carbocycles. The van der Waals surface area contributed by atoms with Crippen LogP contribution in [0.15, 0.2) is 0 Å². The van der Waals surface area contributed by atoms with E-state index in [2.05, 4.69) is 0 Å². The summed E-state index contributed by atoms with van der Waals surface area (Å²) >= 11 is 0. The Balaban J connectivity index is 4.52. The Bertz CT molecular complexity index is 160. The van der Waals surface area contributed by atoms with Crippen LogP contribution in [0.3, 0.4) is 0 Å². The van der Waals surface area contributed by atoms with Gasteiger partial charge in [-0.3, -0.25) is 0 Å². The summed E-state index contributed by atoms with van der Waals surface area (Å²) in [5.74, 6) is -5.07. The molecule has 0 aromatic heterocycles. The smallest absolute Gasteiger partial charge is 0.237 e. The lowest BCUT2D eigenvalue weighted by atomic mass is 10.1. The Morgan fingerprint density at radius 2 is 1.23 bits per heavy atom. The van der Waals surface area contributed by atoms with Gasteiger partial charge in [-0.15, -0.1) is 0 Å². The van der Waals surface area contributed by atoms with Gasteiger partial charge in [0.25, 0.3) is 0 Å². The molecular formula is C5H3F8. The van der Waals surface area contributed by atoms with Gasteiger partial charge in [-0.1, -0.05) is 0 Å². The molecule has 0 aromatic rings. The van der Waals surface area contributed by atoms with Crippen molar-refractivity contribution < 1.29 is 35.1 Å². The van der Waals surface area contributed by atoms with Gasteiger partial charge in [-0.05, 0) is 0 Å². The number of alkyl halides is 7. The first-order valence-corrected chi connectivity index (χ1v) is 2.80. The van der Waals surface area contributed by atoms with E-state index in [0.29, 0.717) is 0 Å². The van der Waals surface area contributed by atoms with E-state index in [1.54, 1.807) is 0 Å². The molecule has 0 aromatic carbocycles. The fourth-order valence-electron chi connectivity index (χ4n) is 0.421. The van der Waals surface area contributed by atoms with E-state index in [4.69, 9.17) is 0 Å². The molecule has 13 heavy (non-hydrogen) atoms. The van der Waals surface area contributed by atoms with E-state index in [1.165, 1.54) is 0 Å². The van der Waals surface area contributed by atoms with Crippen LogP contribution in [0.1, 0.15) is 0 Å². The summed E-state index contributed by atoms with van der Waals surface area (Å²) in [6, 6.07) is 0. The lowest BCUT2D eigenvalue weighted by molar-refractivity contribution is -0.223. The molecule has 0 aliphatic heterocycles. The van der Waals surface area contributed by atoms with Crippen LogP contribution in [0.25, 0.3) is 0 Å². The van der Waals surface area contributed by atoms with Gasteiger partial charge in [-0.25, -0.2) is 13.2 Å². The normalized spacial score (nSPS) is 18.5. The molecule has 0 aliphatic rings. The summed E-state index contributed by atoms with van der Waals surface area (Å²) < 4.78 is 92.3. The van der Waals surface area contributed by atoms with Crippen LogP contribution in [-0.4, -0.2) is 24.4 Å². The van der Waals surface area contributed by atoms with E-state index in [0.717, 1.165) is 0 Å². The van der Waals surface area contributed by atoms with Crippen LogP contribution < -0.4 is 0 Å². The first-order chi connectivity index (χ1) is 5.63. The van der Waals surface area contributed by atoms with Crippen molar-refractivity contribution in [3.05, 3.63) is 6.67 Å². The van der Waals surface area contributed by atoms with Gasteiger partial charge in [0.05, 0.1) is 0 Å².